The molecule has 0 bridgehead atoms. The second-order valence-electron chi connectivity index (χ2n) is 4.56. The Morgan fingerprint density at radius 1 is 1.60 bits per heavy atom. The topological polar surface area (TPSA) is 65.4 Å². The Morgan fingerprint density at radius 3 is 2.80 bits per heavy atom. The van der Waals surface area contributed by atoms with Crippen molar-refractivity contribution in [1.29, 1.82) is 5.26 Å². The third-order valence-electron chi connectivity index (χ3n) is 1.98. The first-order valence-corrected chi connectivity index (χ1v) is 5.03. The van der Waals surface area contributed by atoms with Crippen molar-refractivity contribution < 1.29 is 9.53 Å². The smallest absolute Gasteiger partial charge is 0.410 e. The largest absolute Gasteiger partial charge is 0.444 e. The van der Waals surface area contributed by atoms with Gasteiger partial charge < -0.3 is 9.64 Å². The van der Waals surface area contributed by atoms with Gasteiger partial charge in [-0.2, -0.15) is 5.26 Å². The molecular weight excluding hydrogens is 194 g/mol. The van der Waals surface area contributed by atoms with Crippen LogP contribution >= 0.6 is 0 Å². The van der Waals surface area contributed by atoms with Crippen LogP contribution in [0.2, 0.25) is 0 Å². The molecule has 1 aliphatic heterocycles. The lowest BCUT2D eigenvalue weighted by molar-refractivity contribution is 0.0212. The molecule has 1 N–H and O–H groups in total. The molecule has 0 unspecified atom stereocenters. The summed E-state index contributed by atoms with van der Waals surface area (Å²) in [6, 6.07) is 1.81. The third-order valence-corrected chi connectivity index (χ3v) is 1.98. The fourth-order valence-corrected chi connectivity index (χ4v) is 1.33. The van der Waals surface area contributed by atoms with E-state index in [2.05, 4.69) is 11.4 Å². The average Bonchev–Trinajstić information content (AvgIpc) is 2.15. The van der Waals surface area contributed by atoms with E-state index < -0.39 is 5.60 Å². The molecule has 5 heteroatoms. The van der Waals surface area contributed by atoms with Gasteiger partial charge in [-0.05, 0) is 20.8 Å². The first-order valence-electron chi connectivity index (χ1n) is 5.03. The lowest BCUT2D eigenvalue weighted by Gasteiger charge is -2.32. The minimum Gasteiger partial charge on any atom is -0.444 e. The van der Waals surface area contributed by atoms with Crippen LogP contribution in [0.25, 0.3) is 0 Å². The number of ether oxygens (including phenoxy) is 1. The third kappa shape index (κ3) is 3.76. The zero-order chi connectivity index (χ0) is 11.5. The van der Waals surface area contributed by atoms with E-state index in [0.717, 1.165) is 0 Å². The minimum absolute atomic E-state index is 0.286. The second kappa shape index (κ2) is 4.49. The molecule has 84 valence electrons. The van der Waals surface area contributed by atoms with Gasteiger partial charge in [0.05, 0.1) is 12.6 Å². The predicted molar refractivity (Wildman–Crippen MR) is 55.2 cm³/mol. The SMILES string of the molecule is CC(C)(C)OC(=O)N1CCN[C@@H](C#N)C1. The number of nitriles is 1. The Balaban J connectivity index is 2.50. The molecule has 0 aliphatic carbocycles. The summed E-state index contributed by atoms with van der Waals surface area (Å²) in [5, 5.41) is 11.7. The normalized spacial score (nSPS) is 22.0. The predicted octanol–water partition coefficient (Wildman–Crippen LogP) is 0.719. The highest BCUT2D eigenvalue weighted by molar-refractivity contribution is 5.68. The van der Waals surface area contributed by atoms with Gasteiger partial charge in [-0.1, -0.05) is 0 Å². The highest BCUT2D eigenvalue weighted by Gasteiger charge is 2.26. The number of nitrogens with one attached hydrogen (secondary N) is 1. The monoisotopic (exact) mass is 211 g/mol. The second-order valence-corrected chi connectivity index (χ2v) is 4.56. The number of rotatable bonds is 0. The Bertz CT molecular complexity index is 277. The van der Waals surface area contributed by atoms with Gasteiger partial charge in [0, 0.05) is 13.1 Å². The molecule has 0 radical (unpaired) electrons. The molecule has 1 aliphatic rings. The average molecular weight is 211 g/mol. The molecule has 0 saturated carbocycles. The summed E-state index contributed by atoms with van der Waals surface area (Å²) < 4.78 is 5.22. The van der Waals surface area contributed by atoms with E-state index in [4.69, 9.17) is 10.00 Å². The van der Waals surface area contributed by atoms with E-state index in [1.807, 2.05) is 20.8 Å². The molecule has 0 spiro atoms. The Morgan fingerprint density at radius 2 is 2.27 bits per heavy atom. The van der Waals surface area contributed by atoms with Crippen LogP contribution in [0.5, 0.6) is 0 Å². The van der Waals surface area contributed by atoms with Crippen molar-refractivity contribution in [3.63, 3.8) is 0 Å². The quantitative estimate of drug-likeness (QED) is 0.641. The molecule has 0 aromatic rings. The van der Waals surface area contributed by atoms with Crippen molar-refractivity contribution in [3.8, 4) is 6.07 Å². The van der Waals surface area contributed by atoms with Crippen molar-refractivity contribution in [3.05, 3.63) is 0 Å². The van der Waals surface area contributed by atoms with Gasteiger partial charge in [0.2, 0.25) is 0 Å². The number of hydrogen-bond acceptors (Lipinski definition) is 4. The summed E-state index contributed by atoms with van der Waals surface area (Å²) in [4.78, 5) is 13.2. The molecule has 1 rings (SSSR count). The van der Waals surface area contributed by atoms with E-state index in [1.54, 1.807) is 4.90 Å². The number of nitrogens with zero attached hydrogens (tertiary/aromatic N) is 2. The number of amides is 1. The van der Waals surface area contributed by atoms with Crippen LogP contribution in [0.4, 0.5) is 4.79 Å². The maximum Gasteiger partial charge on any atom is 0.410 e. The maximum absolute atomic E-state index is 11.6. The molecule has 15 heavy (non-hydrogen) atoms. The van der Waals surface area contributed by atoms with Crippen LogP contribution in [-0.4, -0.2) is 42.3 Å². The highest BCUT2D eigenvalue weighted by atomic mass is 16.6. The van der Waals surface area contributed by atoms with Crippen molar-refractivity contribution in [1.82, 2.24) is 10.2 Å². The van der Waals surface area contributed by atoms with E-state index in [-0.39, 0.29) is 12.1 Å². The lowest BCUT2D eigenvalue weighted by atomic mass is 10.2. The molecule has 0 aromatic carbocycles. The fraction of sp³-hybridized carbons (Fsp3) is 0.800. The van der Waals surface area contributed by atoms with Gasteiger partial charge >= 0.3 is 6.09 Å². The van der Waals surface area contributed by atoms with Gasteiger partial charge in [-0.25, -0.2) is 4.79 Å². The van der Waals surface area contributed by atoms with Crippen molar-refractivity contribution in [2.75, 3.05) is 19.6 Å². The lowest BCUT2D eigenvalue weighted by Crippen LogP contribution is -2.53. The zero-order valence-corrected chi connectivity index (χ0v) is 9.41. The number of hydrogen-bond donors (Lipinski definition) is 1. The van der Waals surface area contributed by atoms with Crippen LogP contribution in [0.15, 0.2) is 0 Å². The molecule has 5 nitrogen and oxygen atoms in total. The number of carbonyl (C=O) groups is 1. The zero-order valence-electron chi connectivity index (χ0n) is 9.41. The van der Waals surface area contributed by atoms with Gasteiger partial charge in [0.15, 0.2) is 0 Å². The number of carbonyl (C=O) groups excluding carboxylic acids is 1. The van der Waals surface area contributed by atoms with Crippen LogP contribution in [0.1, 0.15) is 20.8 Å². The van der Waals surface area contributed by atoms with E-state index in [1.165, 1.54) is 0 Å². The Labute approximate surface area is 90.0 Å². The molecule has 1 amide bonds. The molecule has 1 fully saturated rings. The van der Waals surface area contributed by atoms with Crippen molar-refractivity contribution in [2.45, 2.75) is 32.4 Å². The molecule has 1 heterocycles. The van der Waals surface area contributed by atoms with Crippen LogP contribution in [0, 0.1) is 11.3 Å². The summed E-state index contributed by atoms with van der Waals surface area (Å²) in [5.41, 5.74) is -0.482. The standard InChI is InChI=1S/C10H17N3O2/c1-10(2,3)15-9(14)13-5-4-12-8(6-11)7-13/h8,12H,4-5,7H2,1-3H3/t8-/m0/s1. The van der Waals surface area contributed by atoms with Crippen LogP contribution in [-0.2, 0) is 4.74 Å². The fourth-order valence-electron chi connectivity index (χ4n) is 1.33. The van der Waals surface area contributed by atoms with E-state index >= 15 is 0 Å². The van der Waals surface area contributed by atoms with Gasteiger partial charge in [0.25, 0.3) is 0 Å². The summed E-state index contributed by atoms with van der Waals surface area (Å²) in [7, 11) is 0. The first kappa shape index (κ1) is 11.8. The summed E-state index contributed by atoms with van der Waals surface area (Å²) in [6.07, 6.45) is -0.343. The molecule has 1 saturated heterocycles. The first-order chi connectivity index (χ1) is 6.92. The maximum atomic E-state index is 11.6. The summed E-state index contributed by atoms with van der Waals surface area (Å²) >= 11 is 0. The van der Waals surface area contributed by atoms with E-state index in [9.17, 15) is 4.79 Å². The molecular formula is C10H17N3O2. The van der Waals surface area contributed by atoms with Crippen LogP contribution < -0.4 is 5.32 Å². The Kier molecular flexibility index (Phi) is 3.53. The number of piperazine rings is 1. The van der Waals surface area contributed by atoms with Gasteiger partial charge in [0.1, 0.15) is 11.6 Å². The van der Waals surface area contributed by atoms with Gasteiger partial charge in [-0.15, -0.1) is 0 Å². The summed E-state index contributed by atoms with van der Waals surface area (Å²) in [5.74, 6) is 0. The van der Waals surface area contributed by atoms with Gasteiger partial charge in [-0.3, -0.25) is 5.32 Å². The molecule has 1 atom stereocenters. The summed E-state index contributed by atoms with van der Waals surface area (Å²) in [6.45, 7) is 7.11. The van der Waals surface area contributed by atoms with Crippen molar-refractivity contribution >= 4 is 6.09 Å². The van der Waals surface area contributed by atoms with Crippen LogP contribution in [0.3, 0.4) is 0 Å². The van der Waals surface area contributed by atoms with Crippen molar-refractivity contribution in [2.24, 2.45) is 0 Å². The molecule has 0 aromatic heterocycles. The highest BCUT2D eigenvalue weighted by Crippen LogP contribution is 2.11. The minimum atomic E-state index is -0.482. The Hall–Kier alpha value is -1.28. The van der Waals surface area contributed by atoms with E-state index in [0.29, 0.717) is 19.6 Å².